The summed E-state index contributed by atoms with van der Waals surface area (Å²) in [6.07, 6.45) is 2.61. The highest BCUT2D eigenvalue weighted by atomic mass is 35.5. The highest BCUT2D eigenvalue weighted by Crippen LogP contribution is 2.29. The van der Waals surface area contributed by atoms with Crippen LogP contribution in [0.25, 0.3) is 22.3 Å². The van der Waals surface area contributed by atoms with Crippen molar-refractivity contribution < 1.29 is 14.3 Å². The van der Waals surface area contributed by atoms with Crippen molar-refractivity contribution in [3.8, 4) is 17.1 Å². The standard InChI is InChI=1S/C24H24ClN7O3/c1-31-20-6-4-3-5-17(20)27-24(31)28-22(33)14-7-9-32(10-8-14)23(34)19-12-18(29-30-19)15-11-21(35-2)26-13-16(15)25/h3-6,11-14H,7-10H2,1-2H3,(H,29,30)(H,27,28,33). The van der Waals surface area contributed by atoms with Gasteiger partial charge in [0.15, 0.2) is 0 Å². The zero-order valence-electron chi connectivity index (χ0n) is 19.3. The van der Waals surface area contributed by atoms with Crippen molar-refractivity contribution in [3.05, 3.63) is 53.3 Å². The molecule has 2 N–H and O–H groups in total. The average Bonchev–Trinajstić information content (AvgIpc) is 3.49. The van der Waals surface area contributed by atoms with Gasteiger partial charge in [-0.15, -0.1) is 0 Å². The molecular weight excluding hydrogens is 470 g/mol. The number of fused-ring (bicyclic) bond motifs is 1. The molecule has 3 aromatic heterocycles. The number of H-pyrrole nitrogens is 1. The topological polar surface area (TPSA) is 118 Å². The first kappa shape index (κ1) is 22.9. The van der Waals surface area contributed by atoms with E-state index in [2.05, 4.69) is 25.5 Å². The van der Waals surface area contributed by atoms with E-state index in [0.29, 0.717) is 59.7 Å². The molecule has 4 aromatic rings. The van der Waals surface area contributed by atoms with Gasteiger partial charge in [-0.2, -0.15) is 5.10 Å². The number of anilines is 1. The molecule has 1 fully saturated rings. The molecule has 4 heterocycles. The second-order valence-corrected chi connectivity index (χ2v) is 8.82. The first-order valence-electron chi connectivity index (χ1n) is 11.2. The van der Waals surface area contributed by atoms with E-state index < -0.39 is 0 Å². The molecule has 0 spiro atoms. The predicted molar refractivity (Wildman–Crippen MR) is 131 cm³/mol. The molecule has 0 bridgehead atoms. The fourth-order valence-corrected chi connectivity index (χ4v) is 4.48. The van der Waals surface area contributed by atoms with Crippen LogP contribution in [-0.2, 0) is 11.8 Å². The second kappa shape index (κ2) is 9.38. The van der Waals surface area contributed by atoms with E-state index in [0.717, 1.165) is 11.0 Å². The number of likely N-dealkylation sites (tertiary alicyclic amines) is 1. The zero-order valence-corrected chi connectivity index (χ0v) is 20.0. The molecule has 0 radical (unpaired) electrons. The van der Waals surface area contributed by atoms with E-state index in [4.69, 9.17) is 16.3 Å². The predicted octanol–water partition coefficient (Wildman–Crippen LogP) is 3.51. The lowest BCUT2D eigenvalue weighted by atomic mass is 9.95. The molecule has 1 aromatic carbocycles. The lowest BCUT2D eigenvalue weighted by molar-refractivity contribution is -0.121. The number of hydrogen-bond donors (Lipinski definition) is 2. The van der Waals surface area contributed by atoms with Crippen LogP contribution in [0.5, 0.6) is 5.88 Å². The van der Waals surface area contributed by atoms with Crippen LogP contribution >= 0.6 is 11.6 Å². The first-order chi connectivity index (χ1) is 16.9. The molecule has 10 nitrogen and oxygen atoms in total. The van der Waals surface area contributed by atoms with Crippen molar-refractivity contribution in [2.24, 2.45) is 13.0 Å². The van der Waals surface area contributed by atoms with Crippen molar-refractivity contribution in [2.75, 3.05) is 25.5 Å². The summed E-state index contributed by atoms with van der Waals surface area (Å²) in [7, 11) is 3.39. The number of pyridine rings is 1. The molecule has 1 aliphatic heterocycles. The lowest BCUT2D eigenvalue weighted by Crippen LogP contribution is -2.41. The van der Waals surface area contributed by atoms with Crippen molar-refractivity contribution in [3.63, 3.8) is 0 Å². The van der Waals surface area contributed by atoms with E-state index in [9.17, 15) is 9.59 Å². The van der Waals surface area contributed by atoms with Gasteiger partial charge < -0.3 is 14.2 Å². The summed E-state index contributed by atoms with van der Waals surface area (Å²) < 4.78 is 7.02. The summed E-state index contributed by atoms with van der Waals surface area (Å²) in [5.74, 6) is 0.473. The molecule has 35 heavy (non-hydrogen) atoms. The minimum Gasteiger partial charge on any atom is -0.481 e. The van der Waals surface area contributed by atoms with Crippen LogP contribution in [0.2, 0.25) is 5.02 Å². The molecule has 0 unspecified atom stereocenters. The van der Waals surface area contributed by atoms with Crippen LogP contribution in [0, 0.1) is 5.92 Å². The minimum absolute atomic E-state index is 0.0828. The van der Waals surface area contributed by atoms with Gasteiger partial charge in [0.1, 0.15) is 5.69 Å². The summed E-state index contributed by atoms with van der Waals surface area (Å²) in [5, 5.41) is 10.4. The minimum atomic E-state index is -0.195. The number of halogens is 1. The number of carbonyl (C=O) groups is 2. The van der Waals surface area contributed by atoms with Crippen molar-refractivity contribution in [1.29, 1.82) is 0 Å². The number of aromatic amines is 1. The van der Waals surface area contributed by atoms with E-state index in [1.807, 2.05) is 35.9 Å². The molecule has 11 heteroatoms. The normalized spacial score (nSPS) is 14.3. The highest BCUT2D eigenvalue weighted by Gasteiger charge is 2.29. The summed E-state index contributed by atoms with van der Waals surface area (Å²) in [6, 6.07) is 11.1. The second-order valence-electron chi connectivity index (χ2n) is 8.41. The molecule has 180 valence electrons. The fourth-order valence-electron chi connectivity index (χ4n) is 4.28. The number of imidazole rings is 1. The van der Waals surface area contributed by atoms with Crippen LogP contribution in [0.15, 0.2) is 42.6 Å². The number of aryl methyl sites for hydroxylation is 1. The van der Waals surface area contributed by atoms with Crippen molar-refractivity contribution in [1.82, 2.24) is 29.6 Å². The Kier molecular flexibility index (Phi) is 6.12. The third kappa shape index (κ3) is 4.44. The lowest BCUT2D eigenvalue weighted by Gasteiger charge is -2.30. The third-order valence-corrected chi connectivity index (χ3v) is 6.60. The maximum absolute atomic E-state index is 13.0. The molecule has 1 saturated heterocycles. The Balaban J connectivity index is 1.21. The summed E-state index contributed by atoms with van der Waals surface area (Å²) in [5.41, 5.74) is 3.28. The zero-order chi connectivity index (χ0) is 24.5. The smallest absolute Gasteiger partial charge is 0.271 e. The maximum Gasteiger partial charge on any atom is 0.271 e. The van der Waals surface area contributed by atoms with Crippen molar-refractivity contribution in [2.45, 2.75) is 12.8 Å². The maximum atomic E-state index is 13.0. The van der Waals surface area contributed by atoms with E-state index >= 15 is 0 Å². The van der Waals surface area contributed by atoms with Gasteiger partial charge in [-0.1, -0.05) is 23.7 Å². The number of nitrogens with one attached hydrogen (secondary N) is 2. The quantitative estimate of drug-likeness (QED) is 0.439. The van der Waals surface area contributed by atoms with E-state index in [-0.39, 0.29) is 17.7 Å². The molecule has 5 rings (SSSR count). The molecule has 2 amide bonds. The van der Waals surface area contributed by atoms with Crippen LogP contribution in [-0.4, -0.2) is 61.6 Å². The van der Waals surface area contributed by atoms with Gasteiger partial charge in [-0.05, 0) is 31.0 Å². The third-order valence-electron chi connectivity index (χ3n) is 6.30. The van der Waals surface area contributed by atoms with Gasteiger partial charge in [0.25, 0.3) is 5.91 Å². The number of ether oxygens (including phenoxy) is 1. The number of nitrogens with zero attached hydrogens (tertiary/aromatic N) is 5. The van der Waals surface area contributed by atoms with Crippen LogP contribution in [0.3, 0.4) is 0 Å². The highest BCUT2D eigenvalue weighted by molar-refractivity contribution is 6.33. The molecule has 1 aliphatic rings. The first-order valence-corrected chi connectivity index (χ1v) is 11.6. The Morgan fingerprint density at radius 2 is 1.97 bits per heavy atom. The molecular formula is C24H24ClN7O3. The number of rotatable bonds is 5. The van der Waals surface area contributed by atoms with E-state index in [1.54, 1.807) is 17.0 Å². The van der Waals surface area contributed by atoms with Gasteiger partial charge in [-0.3, -0.25) is 20.0 Å². The summed E-state index contributed by atoms with van der Waals surface area (Å²) >= 11 is 6.25. The molecule has 0 atom stereocenters. The Bertz CT molecular complexity index is 1410. The Hall–Kier alpha value is -3.92. The average molecular weight is 494 g/mol. The van der Waals surface area contributed by atoms with Crippen LogP contribution in [0.4, 0.5) is 5.95 Å². The fraction of sp³-hybridized carbons (Fsp3) is 0.292. The summed E-state index contributed by atoms with van der Waals surface area (Å²) in [6.45, 7) is 0.940. The van der Waals surface area contributed by atoms with Crippen LogP contribution < -0.4 is 10.1 Å². The van der Waals surface area contributed by atoms with Gasteiger partial charge in [-0.25, -0.2) is 9.97 Å². The number of para-hydroxylation sites is 2. The van der Waals surface area contributed by atoms with Gasteiger partial charge in [0, 0.05) is 37.7 Å². The van der Waals surface area contributed by atoms with Gasteiger partial charge >= 0.3 is 0 Å². The number of amides is 2. The monoisotopic (exact) mass is 493 g/mol. The van der Waals surface area contributed by atoms with Gasteiger partial charge in [0.05, 0.1) is 35.1 Å². The van der Waals surface area contributed by atoms with Gasteiger partial charge in [0.2, 0.25) is 17.7 Å². The van der Waals surface area contributed by atoms with Crippen molar-refractivity contribution >= 4 is 40.4 Å². The largest absolute Gasteiger partial charge is 0.481 e. The van der Waals surface area contributed by atoms with Crippen LogP contribution in [0.1, 0.15) is 23.3 Å². The Labute approximate surface area is 206 Å². The summed E-state index contributed by atoms with van der Waals surface area (Å²) in [4.78, 5) is 36.2. The SMILES string of the molecule is COc1cc(-c2cc(C(=O)N3CCC(C(=O)Nc4nc5ccccc5n4C)CC3)[nH]n2)c(Cl)cn1. The number of carbonyl (C=O) groups excluding carboxylic acids is 2. The number of benzene rings is 1. The number of methoxy groups -OCH3 is 1. The van der Waals surface area contributed by atoms with E-state index in [1.165, 1.54) is 13.3 Å². The molecule has 0 aliphatic carbocycles. The number of hydrogen-bond acceptors (Lipinski definition) is 6. The Morgan fingerprint density at radius 1 is 1.20 bits per heavy atom. The number of aromatic nitrogens is 5. The Morgan fingerprint density at radius 3 is 2.71 bits per heavy atom. The number of piperidine rings is 1. The molecule has 0 saturated carbocycles.